The van der Waals surface area contributed by atoms with Crippen molar-refractivity contribution in [2.75, 3.05) is 26.7 Å². The van der Waals surface area contributed by atoms with E-state index in [9.17, 15) is 4.79 Å². The fourth-order valence-electron chi connectivity index (χ4n) is 2.19. The van der Waals surface area contributed by atoms with E-state index >= 15 is 0 Å². The first-order valence-electron chi connectivity index (χ1n) is 6.19. The van der Waals surface area contributed by atoms with Crippen molar-refractivity contribution in [1.29, 1.82) is 0 Å². The molecule has 4 nitrogen and oxygen atoms in total. The number of piperidine rings is 1. The summed E-state index contributed by atoms with van der Waals surface area (Å²) in [7, 11) is 2.03. The maximum atomic E-state index is 11.6. The van der Waals surface area contributed by atoms with Gasteiger partial charge in [-0.25, -0.2) is 0 Å². The van der Waals surface area contributed by atoms with Crippen LogP contribution in [0.1, 0.15) is 27.2 Å². The van der Waals surface area contributed by atoms with Crippen molar-refractivity contribution < 1.29 is 4.79 Å². The molecule has 2 N–H and O–H groups in total. The zero-order valence-corrected chi connectivity index (χ0v) is 10.9. The highest BCUT2D eigenvalue weighted by Gasteiger charge is 2.23. The number of hydrogen-bond acceptors (Lipinski definition) is 3. The van der Waals surface area contributed by atoms with Crippen LogP contribution in [0, 0.1) is 5.92 Å². The number of likely N-dealkylation sites (N-methyl/N-ethyl adjacent to an activating group) is 1. The summed E-state index contributed by atoms with van der Waals surface area (Å²) in [5, 5.41) is 6.33. The molecule has 4 heteroatoms. The van der Waals surface area contributed by atoms with Crippen LogP contribution in [0.3, 0.4) is 0 Å². The molecule has 0 aromatic rings. The van der Waals surface area contributed by atoms with Crippen LogP contribution in [0.15, 0.2) is 0 Å². The van der Waals surface area contributed by atoms with Gasteiger partial charge in [0.25, 0.3) is 0 Å². The molecule has 1 heterocycles. The number of nitrogens with zero attached hydrogens (tertiary/aromatic N) is 1. The lowest BCUT2D eigenvalue weighted by Gasteiger charge is -2.34. The monoisotopic (exact) mass is 227 g/mol. The molecule has 2 atom stereocenters. The van der Waals surface area contributed by atoms with Gasteiger partial charge in [0.2, 0.25) is 5.91 Å². The summed E-state index contributed by atoms with van der Waals surface area (Å²) >= 11 is 0. The van der Waals surface area contributed by atoms with Crippen molar-refractivity contribution in [2.45, 2.75) is 39.3 Å². The smallest absolute Gasteiger partial charge is 0.234 e. The van der Waals surface area contributed by atoms with Crippen molar-refractivity contribution >= 4 is 5.91 Å². The van der Waals surface area contributed by atoms with E-state index < -0.39 is 0 Å². The maximum Gasteiger partial charge on any atom is 0.234 e. The molecule has 0 saturated carbocycles. The lowest BCUT2D eigenvalue weighted by atomic mass is 9.97. The van der Waals surface area contributed by atoms with Gasteiger partial charge in [-0.1, -0.05) is 6.92 Å². The minimum atomic E-state index is 0.121. The van der Waals surface area contributed by atoms with E-state index in [1.165, 1.54) is 6.42 Å². The molecule has 0 aliphatic carbocycles. The van der Waals surface area contributed by atoms with E-state index in [0.29, 0.717) is 18.5 Å². The highest BCUT2D eigenvalue weighted by molar-refractivity contribution is 5.78. The third-order valence-corrected chi connectivity index (χ3v) is 3.01. The second kappa shape index (κ2) is 6.21. The number of carbonyl (C=O) groups excluding carboxylic acids is 1. The normalized spacial score (nSPS) is 26.1. The summed E-state index contributed by atoms with van der Waals surface area (Å²) in [6.07, 6.45) is 1.18. The average Bonchev–Trinajstić information content (AvgIpc) is 2.16. The van der Waals surface area contributed by atoms with Crippen LogP contribution in [-0.4, -0.2) is 49.6 Å². The molecule has 0 aromatic carbocycles. The minimum Gasteiger partial charge on any atom is -0.353 e. The van der Waals surface area contributed by atoms with Crippen molar-refractivity contribution in [3.8, 4) is 0 Å². The van der Waals surface area contributed by atoms with E-state index in [0.717, 1.165) is 13.1 Å². The van der Waals surface area contributed by atoms with Crippen LogP contribution in [0.4, 0.5) is 0 Å². The second-order valence-electron chi connectivity index (χ2n) is 5.29. The molecule has 0 radical (unpaired) electrons. The van der Waals surface area contributed by atoms with Gasteiger partial charge in [0.05, 0.1) is 6.54 Å². The third kappa shape index (κ3) is 4.49. The van der Waals surface area contributed by atoms with E-state index in [-0.39, 0.29) is 11.9 Å². The Morgan fingerprint density at radius 1 is 1.50 bits per heavy atom. The molecular formula is C12H25N3O. The summed E-state index contributed by atoms with van der Waals surface area (Å²) in [6.45, 7) is 8.82. The van der Waals surface area contributed by atoms with Crippen LogP contribution >= 0.6 is 0 Å². The maximum absolute atomic E-state index is 11.6. The van der Waals surface area contributed by atoms with Crippen LogP contribution in [0.25, 0.3) is 0 Å². The quantitative estimate of drug-likeness (QED) is 0.732. The minimum absolute atomic E-state index is 0.121. The van der Waals surface area contributed by atoms with E-state index in [1.807, 2.05) is 20.9 Å². The fraction of sp³-hybridized carbons (Fsp3) is 0.917. The number of rotatable bonds is 4. The molecule has 0 bridgehead atoms. The molecule has 1 aliphatic heterocycles. The van der Waals surface area contributed by atoms with Crippen molar-refractivity contribution in [1.82, 2.24) is 15.5 Å². The van der Waals surface area contributed by atoms with Gasteiger partial charge in [-0.2, -0.15) is 0 Å². The van der Waals surface area contributed by atoms with Crippen molar-refractivity contribution in [3.05, 3.63) is 0 Å². The lowest BCUT2D eigenvalue weighted by Crippen LogP contribution is -2.50. The van der Waals surface area contributed by atoms with Gasteiger partial charge < -0.3 is 10.6 Å². The van der Waals surface area contributed by atoms with E-state index in [2.05, 4.69) is 22.5 Å². The van der Waals surface area contributed by atoms with Gasteiger partial charge >= 0.3 is 0 Å². The van der Waals surface area contributed by atoms with Gasteiger partial charge in [-0.15, -0.1) is 0 Å². The first-order valence-corrected chi connectivity index (χ1v) is 6.19. The van der Waals surface area contributed by atoms with Crippen molar-refractivity contribution in [3.63, 3.8) is 0 Å². The first kappa shape index (κ1) is 13.5. The molecule has 94 valence electrons. The van der Waals surface area contributed by atoms with Gasteiger partial charge in [-0.05, 0) is 39.8 Å². The molecule has 1 aliphatic rings. The molecule has 1 fully saturated rings. The Morgan fingerprint density at radius 2 is 2.19 bits per heavy atom. The molecule has 0 spiro atoms. The first-order chi connectivity index (χ1) is 7.49. The van der Waals surface area contributed by atoms with Gasteiger partial charge in [0.1, 0.15) is 0 Å². The summed E-state index contributed by atoms with van der Waals surface area (Å²) < 4.78 is 0. The fourth-order valence-corrected chi connectivity index (χ4v) is 2.19. The largest absolute Gasteiger partial charge is 0.353 e. The van der Waals surface area contributed by atoms with Crippen LogP contribution in [0.2, 0.25) is 0 Å². The van der Waals surface area contributed by atoms with Gasteiger partial charge in [0.15, 0.2) is 0 Å². The van der Waals surface area contributed by atoms with E-state index in [4.69, 9.17) is 0 Å². The Bertz CT molecular complexity index is 230. The molecule has 1 saturated heterocycles. The Balaban J connectivity index is 2.33. The Labute approximate surface area is 98.8 Å². The Hall–Kier alpha value is -0.610. The van der Waals surface area contributed by atoms with Crippen LogP contribution in [-0.2, 0) is 4.79 Å². The van der Waals surface area contributed by atoms with Crippen LogP contribution in [0.5, 0.6) is 0 Å². The number of nitrogens with one attached hydrogen (secondary N) is 2. The Morgan fingerprint density at radius 3 is 2.75 bits per heavy atom. The highest BCUT2D eigenvalue weighted by Crippen LogP contribution is 2.13. The predicted octanol–water partition coefficient (Wildman–Crippen LogP) is 0.441. The average molecular weight is 227 g/mol. The topological polar surface area (TPSA) is 44.4 Å². The summed E-state index contributed by atoms with van der Waals surface area (Å²) in [6, 6.07) is 0.714. The molecule has 16 heavy (non-hydrogen) atoms. The Kier molecular flexibility index (Phi) is 5.22. The zero-order chi connectivity index (χ0) is 12.1. The van der Waals surface area contributed by atoms with E-state index in [1.54, 1.807) is 0 Å². The van der Waals surface area contributed by atoms with Gasteiger partial charge in [0, 0.05) is 18.6 Å². The van der Waals surface area contributed by atoms with Crippen LogP contribution < -0.4 is 10.6 Å². The van der Waals surface area contributed by atoms with Gasteiger partial charge in [-0.3, -0.25) is 9.69 Å². The zero-order valence-electron chi connectivity index (χ0n) is 10.9. The number of carbonyl (C=O) groups is 1. The molecule has 2 unspecified atom stereocenters. The second-order valence-corrected chi connectivity index (χ2v) is 5.29. The lowest BCUT2D eigenvalue weighted by molar-refractivity contribution is -0.123. The third-order valence-electron chi connectivity index (χ3n) is 3.01. The SMILES string of the molecule is CC1CNCC(N(C)CC(=O)NC(C)C)C1. The van der Waals surface area contributed by atoms with Crippen molar-refractivity contribution in [2.24, 2.45) is 5.92 Å². The number of amides is 1. The summed E-state index contributed by atoms with van der Waals surface area (Å²) in [4.78, 5) is 13.8. The summed E-state index contributed by atoms with van der Waals surface area (Å²) in [5.74, 6) is 0.824. The number of hydrogen-bond donors (Lipinski definition) is 2. The predicted molar refractivity (Wildman–Crippen MR) is 66.3 cm³/mol. The molecular weight excluding hydrogens is 202 g/mol. The summed E-state index contributed by atoms with van der Waals surface area (Å²) in [5.41, 5.74) is 0. The highest BCUT2D eigenvalue weighted by atomic mass is 16.2. The molecule has 1 rings (SSSR count). The molecule has 0 aromatic heterocycles. The standard InChI is InChI=1S/C12H25N3O/c1-9(2)14-12(16)8-15(4)11-5-10(3)6-13-7-11/h9-11,13H,5-8H2,1-4H3,(H,14,16). The molecule has 1 amide bonds.